The van der Waals surface area contributed by atoms with Crippen molar-refractivity contribution in [3.63, 3.8) is 0 Å². The van der Waals surface area contributed by atoms with Gasteiger partial charge in [0.25, 0.3) is 0 Å². The topological polar surface area (TPSA) is 126 Å². The van der Waals surface area contributed by atoms with Gasteiger partial charge in [-0.25, -0.2) is 14.8 Å². The summed E-state index contributed by atoms with van der Waals surface area (Å²) >= 11 is 0. The number of oxazole rings is 1. The second-order valence-electron chi connectivity index (χ2n) is 8.80. The van der Waals surface area contributed by atoms with Gasteiger partial charge in [-0.1, -0.05) is 0 Å². The van der Waals surface area contributed by atoms with Crippen molar-refractivity contribution in [3.8, 4) is 34.1 Å². The minimum absolute atomic E-state index is 0.200. The molecule has 2 heterocycles. The number of piperidine rings is 1. The predicted octanol–water partition coefficient (Wildman–Crippen LogP) is 4.28. The van der Waals surface area contributed by atoms with Gasteiger partial charge in [-0.2, -0.15) is 0 Å². The molecule has 0 saturated carbocycles. The SMILES string of the molecule is COc1ccc(-c2nc(C3(CC(=O)O)CCN(C(=O)N(C)O)CC3)oc2-c2ccc(OC)cc2)cc1. The Balaban J connectivity index is 1.78. The lowest BCUT2D eigenvalue weighted by atomic mass is 9.75. The van der Waals surface area contributed by atoms with E-state index in [1.807, 2.05) is 48.5 Å². The molecule has 0 bridgehead atoms. The molecule has 0 atom stereocenters. The van der Waals surface area contributed by atoms with Crippen LogP contribution in [0.4, 0.5) is 4.79 Å². The summed E-state index contributed by atoms with van der Waals surface area (Å²) in [5.74, 6) is 1.23. The number of amides is 2. The molecule has 36 heavy (non-hydrogen) atoms. The van der Waals surface area contributed by atoms with E-state index in [0.717, 1.165) is 11.1 Å². The number of hydroxylamine groups is 2. The number of rotatable bonds is 7. The van der Waals surface area contributed by atoms with E-state index in [4.69, 9.17) is 18.9 Å². The highest BCUT2D eigenvalue weighted by molar-refractivity contribution is 5.78. The number of ether oxygens (including phenoxy) is 2. The lowest BCUT2D eigenvalue weighted by Crippen LogP contribution is -2.49. The Morgan fingerprint density at radius 3 is 2.00 bits per heavy atom. The zero-order chi connectivity index (χ0) is 25.9. The van der Waals surface area contributed by atoms with E-state index in [1.54, 1.807) is 14.2 Å². The molecule has 1 aliphatic rings. The van der Waals surface area contributed by atoms with Crippen molar-refractivity contribution < 1.29 is 33.8 Å². The Kier molecular flexibility index (Phi) is 7.16. The summed E-state index contributed by atoms with van der Waals surface area (Å²) in [5.41, 5.74) is 1.22. The Bertz CT molecular complexity index is 1150. The quantitative estimate of drug-likeness (QED) is 0.368. The minimum Gasteiger partial charge on any atom is -0.497 e. The average molecular weight is 496 g/mol. The van der Waals surface area contributed by atoms with Crippen LogP contribution in [-0.4, -0.2) is 71.6 Å². The molecule has 1 aliphatic heterocycles. The molecule has 3 aromatic rings. The molecular weight excluding hydrogens is 466 g/mol. The Hall–Kier alpha value is -4.05. The summed E-state index contributed by atoms with van der Waals surface area (Å²) < 4.78 is 16.9. The zero-order valence-corrected chi connectivity index (χ0v) is 20.4. The first-order valence-electron chi connectivity index (χ1n) is 11.5. The minimum atomic E-state index is -0.982. The van der Waals surface area contributed by atoms with Crippen molar-refractivity contribution in [3.05, 3.63) is 54.4 Å². The van der Waals surface area contributed by atoms with Crippen LogP contribution in [0.2, 0.25) is 0 Å². The third-order valence-corrected chi connectivity index (χ3v) is 6.55. The van der Waals surface area contributed by atoms with E-state index in [0.29, 0.717) is 46.7 Å². The van der Waals surface area contributed by atoms with Gasteiger partial charge in [0.2, 0.25) is 5.89 Å². The van der Waals surface area contributed by atoms with Crippen LogP contribution < -0.4 is 9.47 Å². The number of aromatic nitrogens is 1. The maximum Gasteiger partial charge on any atom is 0.343 e. The normalized spacial score (nSPS) is 14.8. The maximum absolute atomic E-state index is 12.2. The first kappa shape index (κ1) is 25.1. The zero-order valence-electron chi connectivity index (χ0n) is 20.4. The molecule has 1 aromatic heterocycles. The predicted molar refractivity (Wildman–Crippen MR) is 130 cm³/mol. The number of carbonyl (C=O) groups is 2. The molecule has 190 valence electrons. The van der Waals surface area contributed by atoms with E-state index < -0.39 is 17.4 Å². The monoisotopic (exact) mass is 495 g/mol. The Morgan fingerprint density at radius 2 is 1.53 bits per heavy atom. The van der Waals surface area contributed by atoms with Gasteiger partial charge in [0.1, 0.15) is 17.2 Å². The number of likely N-dealkylation sites (tertiary alicyclic amines) is 1. The number of aliphatic carboxylic acids is 1. The third kappa shape index (κ3) is 4.99. The van der Waals surface area contributed by atoms with Crippen molar-refractivity contribution in [2.75, 3.05) is 34.4 Å². The second kappa shape index (κ2) is 10.3. The van der Waals surface area contributed by atoms with E-state index in [9.17, 15) is 19.9 Å². The van der Waals surface area contributed by atoms with Crippen molar-refractivity contribution >= 4 is 12.0 Å². The number of urea groups is 1. The second-order valence-corrected chi connectivity index (χ2v) is 8.80. The smallest absolute Gasteiger partial charge is 0.343 e. The van der Waals surface area contributed by atoms with Crippen molar-refractivity contribution in [2.24, 2.45) is 0 Å². The number of carboxylic acids is 1. The Labute approximate surface area is 208 Å². The summed E-state index contributed by atoms with van der Waals surface area (Å²) in [6.45, 7) is 0.518. The number of carboxylic acid groups (broad SMARTS) is 1. The highest BCUT2D eigenvalue weighted by Crippen LogP contribution is 2.43. The van der Waals surface area contributed by atoms with Crippen LogP contribution in [0.3, 0.4) is 0 Å². The van der Waals surface area contributed by atoms with Crippen LogP contribution in [0.15, 0.2) is 52.9 Å². The molecule has 0 unspecified atom stereocenters. The van der Waals surface area contributed by atoms with Crippen LogP contribution in [0.1, 0.15) is 25.2 Å². The Morgan fingerprint density at radius 1 is 1.00 bits per heavy atom. The molecule has 4 rings (SSSR count). The highest BCUT2D eigenvalue weighted by Gasteiger charge is 2.44. The number of benzene rings is 2. The molecule has 0 spiro atoms. The van der Waals surface area contributed by atoms with Gasteiger partial charge >= 0.3 is 12.0 Å². The van der Waals surface area contributed by atoms with Gasteiger partial charge < -0.3 is 23.9 Å². The fourth-order valence-electron chi connectivity index (χ4n) is 4.52. The summed E-state index contributed by atoms with van der Waals surface area (Å²) in [6, 6.07) is 14.2. The van der Waals surface area contributed by atoms with Crippen molar-refractivity contribution in [2.45, 2.75) is 24.7 Å². The average Bonchev–Trinajstić information content (AvgIpc) is 3.34. The van der Waals surface area contributed by atoms with Gasteiger partial charge in [-0.15, -0.1) is 0 Å². The van der Waals surface area contributed by atoms with Crippen LogP contribution in [-0.2, 0) is 10.2 Å². The van der Waals surface area contributed by atoms with E-state index in [2.05, 4.69) is 0 Å². The fraction of sp³-hybridized carbons (Fsp3) is 0.346. The van der Waals surface area contributed by atoms with Crippen molar-refractivity contribution in [1.82, 2.24) is 14.9 Å². The molecule has 10 nitrogen and oxygen atoms in total. The molecule has 0 radical (unpaired) electrons. The van der Waals surface area contributed by atoms with Crippen LogP contribution in [0.5, 0.6) is 11.5 Å². The maximum atomic E-state index is 12.2. The first-order chi connectivity index (χ1) is 17.3. The van der Waals surface area contributed by atoms with Crippen LogP contribution >= 0.6 is 0 Å². The standard InChI is InChI=1S/C26H29N3O7/c1-28(33)25(32)29-14-12-26(13-15-29,16-21(30)31)24-27-22(17-4-8-19(34-2)9-5-17)23(36-24)18-6-10-20(35-3)11-7-18/h4-11,33H,12-16H2,1-3H3,(H,30,31). The van der Waals surface area contributed by atoms with Gasteiger partial charge in [-0.05, 0) is 61.4 Å². The largest absolute Gasteiger partial charge is 0.497 e. The van der Waals surface area contributed by atoms with Crippen LogP contribution in [0.25, 0.3) is 22.6 Å². The molecular formula is C26H29N3O7. The molecule has 1 fully saturated rings. The van der Waals surface area contributed by atoms with Gasteiger partial charge in [0.05, 0.1) is 26.1 Å². The summed E-state index contributed by atoms with van der Waals surface area (Å²) in [6.07, 6.45) is 0.446. The number of carbonyl (C=O) groups excluding carboxylic acids is 1. The van der Waals surface area contributed by atoms with Crippen LogP contribution in [0, 0.1) is 0 Å². The lowest BCUT2D eigenvalue weighted by Gasteiger charge is -2.39. The molecule has 2 aromatic carbocycles. The molecule has 10 heteroatoms. The number of hydrogen-bond donors (Lipinski definition) is 2. The lowest BCUT2D eigenvalue weighted by molar-refractivity contribution is -0.139. The molecule has 2 amide bonds. The van der Waals surface area contributed by atoms with Crippen molar-refractivity contribution in [1.29, 1.82) is 0 Å². The summed E-state index contributed by atoms with van der Waals surface area (Å²) in [5, 5.41) is 19.8. The first-order valence-corrected chi connectivity index (χ1v) is 11.5. The van der Waals surface area contributed by atoms with E-state index in [-0.39, 0.29) is 19.5 Å². The summed E-state index contributed by atoms with van der Waals surface area (Å²) in [4.78, 5) is 30.5. The number of nitrogens with zero attached hydrogens (tertiary/aromatic N) is 3. The third-order valence-electron chi connectivity index (χ3n) is 6.55. The number of methoxy groups -OCH3 is 2. The highest BCUT2D eigenvalue weighted by atomic mass is 16.5. The molecule has 1 saturated heterocycles. The van der Waals surface area contributed by atoms with E-state index in [1.165, 1.54) is 11.9 Å². The van der Waals surface area contributed by atoms with Gasteiger partial charge in [0.15, 0.2) is 5.76 Å². The van der Waals surface area contributed by atoms with Gasteiger partial charge in [-0.3, -0.25) is 10.0 Å². The number of hydrogen-bond acceptors (Lipinski definition) is 7. The molecule has 2 N–H and O–H groups in total. The molecule has 0 aliphatic carbocycles. The summed E-state index contributed by atoms with van der Waals surface area (Å²) in [7, 11) is 4.44. The van der Waals surface area contributed by atoms with E-state index >= 15 is 0 Å². The fourth-order valence-corrected chi connectivity index (χ4v) is 4.52. The van der Waals surface area contributed by atoms with Gasteiger partial charge in [0, 0.05) is 31.3 Å².